The van der Waals surface area contributed by atoms with E-state index < -0.39 is 0 Å². The van der Waals surface area contributed by atoms with E-state index in [0.29, 0.717) is 0 Å². The fraction of sp³-hybridized carbons (Fsp3) is 0.500. The van der Waals surface area contributed by atoms with Crippen LogP contribution in [0.2, 0.25) is 0 Å². The highest BCUT2D eigenvalue weighted by atomic mass is 127. The van der Waals surface area contributed by atoms with Crippen molar-refractivity contribution in [1.82, 2.24) is 20.3 Å². The highest BCUT2D eigenvalue weighted by Gasteiger charge is 2.20. The molecule has 1 saturated heterocycles. The van der Waals surface area contributed by atoms with Crippen LogP contribution in [0.4, 0.5) is 0 Å². The van der Waals surface area contributed by atoms with E-state index in [0.717, 1.165) is 63.9 Å². The maximum Gasteiger partial charge on any atom is 0.194 e. The lowest BCUT2D eigenvalue weighted by Gasteiger charge is -2.36. The topological polar surface area (TPSA) is 56.9 Å². The van der Waals surface area contributed by atoms with Crippen molar-refractivity contribution < 1.29 is 4.52 Å². The van der Waals surface area contributed by atoms with Gasteiger partial charge in [0.25, 0.3) is 0 Å². The van der Waals surface area contributed by atoms with E-state index >= 15 is 0 Å². The standard InChI is InChI=1S/C20H29N5O.HI/c1-3-21-20(22-10-8-18-6-4-17(2)5-7-18)25-13-11-24(12-14-25)16-19-9-15-26-23-19;/h4-7,9,15H,3,8,10-14,16H2,1-2H3,(H,21,22);1H. The number of hydrogen-bond acceptors (Lipinski definition) is 4. The van der Waals surface area contributed by atoms with Gasteiger partial charge in [-0.3, -0.25) is 9.89 Å². The van der Waals surface area contributed by atoms with Gasteiger partial charge in [-0.15, -0.1) is 24.0 Å². The highest BCUT2D eigenvalue weighted by Crippen LogP contribution is 2.08. The van der Waals surface area contributed by atoms with E-state index in [-0.39, 0.29) is 24.0 Å². The number of aliphatic imine (C=N–C) groups is 1. The van der Waals surface area contributed by atoms with Crippen LogP contribution in [0.5, 0.6) is 0 Å². The molecule has 0 spiro atoms. The summed E-state index contributed by atoms with van der Waals surface area (Å²) in [5.74, 6) is 1.03. The molecule has 148 valence electrons. The van der Waals surface area contributed by atoms with Gasteiger partial charge in [0.2, 0.25) is 0 Å². The first-order valence-electron chi connectivity index (χ1n) is 9.45. The SMILES string of the molecule is CCNC(=NCCc1ccc(C)cc1)N1CCN(Cc2ccon2)CC1.I. The molecule has 3 rings (SSSR count). The first kappa shape index (κ1) is 21.7. The number of nitrogens with zero attached hydrogens (tertiary/aromatic N) is 4. The van der Waals surface area contributed by atoms with Crippen LogP contribution in [0.25, 0.3) is 0 Å². The molecule has 1 aromatic heterocycles. The zero-order valence-electron chi connectivity index (χ0n) is 16.2. The lowest BCUT2D eigenvalue weighted by molar-refractivity contribution is 0.169. The van der Waals surface area contributed by atoms with Gasteiger partial charge in [0.15, 0.2) is 5.96 Å². The van der Waals surface area contributed by atoms with Crippen molar-refractivity contribution in [2.24, 2.45) is 4.99 Å². The Balaban J connectivity index is 0.00000261. The molecule has 27 heavy (non-hydrogen) atoms. The number of nitrogens with one attached hydrogen (secondary N) is 1. The van der Waals surface area contributed by atoms with Crippen LogP contribution in [0.1, 0.15) is 23.7 Å². The minimum absolute atomic E-state index is 0. The smallest absolute Gasteiger partial charge is 0.194 e. The van der Waals surface area contributed by atoms with Crippen molar-refractivity contribution in [2.45, 2.75) is 26.8 Å². The van der Waals surface area contributed by atoms with Gasteiger partial charge in [-0.1, -0.05) is 35.0 Å². The minimum Gasteiger partial charge on any atom is -0.364 e. The van der Waals surface area contributed by atoms with Crippen molar-refractivity contribution >= 4 is 29.9 Å². The van der Waals surface area contributed by atoms with Gasteiger partial charge in [0.05, 0.1) is 5.69 Å². The van der Waals surface area contributed by atoms with Crippen LogP contribution >= 0.6 is 24.0 Å². The summed E-state index contributed by atoms with van der Waals surface area (Å²) in [4.78, 5) is 9.61. The third kappa shape index (κ3) is 6.80. The van der Waals surface area contributed by atoms with Crippen molar-refractivity contribution in [3.63, 3.8) is 0 Å². The third-order valence-electron chi connectivity index (χ3n) is 4.67. The second kappa shape index (κ2) is 11.3. The Bertz CT molecular complexity index is 679. The Hall–Kier alpha value is -1.61. The van der Waals surface area contributed by atoms with E-state index in [1.807, 2.05) is 6.07 Å². The molecule has 1 fully saturated rings. The van der Waals surface area contributed by atoms with Crippen LogP contribution in [0.15, 0.2) is 46.1 Å². The number of benzene rings is 1. The van der Waals surface area contributed by atoms with Crippen molar-refractivity contribution in [3.8, 4) is 0 Å². The molecule has 1 aliphatic rings. The Morgan fingerprint density at radius 2 is 1.89 bits per heavy atom. The Morgan fingerprint density at radius 3 is 2.52 bits per heavy atom. The Labute approximate surface area is 179 Å². The third-order valence-corrected chi connectivity index (χ3v) is 4.67. The molecule has 1 N–H and O–H groups in total. The summed E-state index contributed by atoms with van der Waals surface area (Å²) in [6.07, 6.45) is 2.61. The number of aromatic nitrogens is 1. The molecular weight excluding hydrogens is 453 g/mol. The highest BCUT2D eigenvalue weighted by molar-refractivity contribution is 14.0. The van der Waals surface area contributed by atoms with Crippen molar-refractivity contribution in [2.75, 3.05) is 39.3 Å². The van der Waals surface area contributed by atoms with E-state index in [1.165, 1.54) is 11.1 Å². The van der Waals surface area contributed by atoms with E-state index in [1.54, 1.807) is 6.26 Å². The fourth-order valence-corrected chi connectivity index (χ4v) is 3.14. The molecule has 0 amide bonds. The number of halogens is 1. The van der Waals surface area contributed by atoms with Gasteiger partial charge in [-0.2, -0.15) is 0 Å². The fourth-order valence-electron chi connectivity index (χ4n) is 3.14. The molecule has 0 saturated carbocycles. The summed E-state index contributed by atoms with van der Waals surface area (Å²) < 4.78 is 4.92. The van der Waals surface area contributed by atoms with Gasteiger partial charge in [0, 0.05) is 51.9 Å². The number of hydrogen-bond donors (Lipinski definition) is 1. The normalized spacial score (nSPS) is 15.5. The Morgan fingerprint density at radius 1 is 1.15 bits per heavy atom. The van der Waals surface area contributed by atoms with E-state index in [4.69, 9.17) is 9.52 Å². The summed E-state index contributed by atoms with van der Waals surface area (Å²) >= 11 is 0. The average molecular weight is 483 g/mol. The van der Waals surface area contributed by atoms with Crippen LogP contribution in [0.3, 0.4) is 0 Å². The predicted molar refractivity (Wildman–Crippen MR) is 120 cm³/mol. The first-order valence-corrected chi connectivity index (χ1v) is 9.45. The molecule has 0 aliphatic carbocycles. The van der Waals surface area contributed by atoms with Crippen molar-refractivity contribution in [1.29, 1.82) is 0 Å². The summed E-state index contributed by atoms with van der Waals surface area (Å²) in [7, 11) is 0. The maximum absolute atomic E-state index is 4.92. The lowest BCUT2D eigenvalue weighted by Crippen LogP contribution is -2.52. The quantitative estimate of drug-likeness (QED) is 0.389. The van der Waals surface area contributed by atoms with Gasteiger partial charge in [0.1, 0.15) is 6.26 Å². The van der Waals surface area contributed by atoms with Crippen LogP contribution < -0.4 is 5.32 Å². The van der Waals surface area contributed by atoms with Gasteiger partial charge < -0.3 is 14.7 Å². The Kier molecular flexibility index (Phi) is 9.06. The molecule has 2 aromatic rings. The number of aryl methyl sites for hydroxylation is 1. The average Bonchev–Trinajstić information content (AvgIpc) is 3.16. The number of piperazine rings is 1. The van der Waals surface area contributed by atoms with E-state index in [2.05, 4.69) is 58.4 Å². The summed E-state index contributed by atoms with van der Waals surface area (Å²) in [6, 6.07) is 10.7. The summed E-state index contributed by atoms with van der Waals surface area (Å²) in [6.45, 7) is 10.8. The van der Waals surface area contributed by atoms with Crippen LogP contribution in [-0.2, 0) is 13.0 Å². The molecule has 2 heterocycles. The van der Waals surface area contributed by atoms with Crippen LogP contribution in [-0.4, -0.2) is 60.2 Å². The van der Waals surface area contributed by atoms with Gasteiger partial charge >= 0.3 is 0 Å². The van der Waals surface area contributed by atoms with Crippen LogP contribution in [0, 0.1) is 6.92 Å². The molecule has 0 radical (unpaired) electrons. The van der Waals surface area contributed by atoms with Gasteiger partial charge in [-0.05, 0) is 25.8 Å². The molecule has 7 heteroatoms. The van der Waals surface area contributed by atoms with E-state index in [9.17, 15) is 0 Å². The summed E-state index contributed by atoms with van der Waals surface area (Å²) in [5.41, 5.74) is 3.64. The zero-order valence-corrected chi connectivity index (χ0v) is 18.6. The second-order valence-electron chi connectivity index (χ2n) is 6.73. The zero-order chi connectivity index (χ0) is 18.2. The molecule has 6 nitrogen and oxygen atoms in total. The maximum atomic E-state index is 4.92. The summed E-state index contributed by atoms with van der Waals surface area (Å²) in [5, 5.41) is 7.44. The minimum atomic E-state index is 0. The molecule has 1 aliphatic heterocycles. The monoisotopic (exact) mass is 483 g/mol. The van der Waals surface area contributed by atoms with Crippen molar-refractivity contribution in [3.05, 3.63) is 53.4 Å². The second-order valence-corrected chi connectivity index (χ2v) is 6.73. The number of guanidine groups is 1. The molecular formula is C20H30IN5O. The molecule has 1 aromatic carbocycles. The molecule has 0 atom stereocenters. The molecule has 0 bridgehead atoms. The lowest BCUT2D eigenvalue weighted by atomic mass is 10.1. The first-order chi connectivity index (χ1) is 12.7. The largest absolute Gasteiger partial charge is 0.364 e. The number of rotatable bonds is 6. The molecule has 0 unspecified atom stereocenters. The predicted octanol–water partition coefficient (Wildman–Crippen LogP) is 2.93. The van der Waals surface area contributed by atoms with Gasteiger partial charge in [-0.25, -0.2) is 0 Å².